The topological polar surface area (TPSA) is 124 Å². The summed E-state index contributed by atoms with van der Waals surface area (Å²) in [5.74, 6) is -1.46. The van der Waals surface area contributed by atoms with Crippen molar-refractivity contribution >= 4 is 29.1 Å². The van der Waals surface area contributed by atoms with Crippen LogP contribution in [0.25, 0.3) is 5.65 Å². The minimum atomic E-state index is -0.577. The van der Waals surface area contributed by atoms with Crippen molar-refractivity contribution in [2.75, 3.05) is 11.9 Å². The maximum atomic E-state index is 12.8. The molecule has 0 fully saturated rings. The lowest BCUT2D eigenvalue weighted by atomic mass is 10.2. The van der Waals surface area contributed by atoms with Crippen molar-refractivity contribution in [2.45, 2.75) is 20.0 Å². The third-order valence-electron chi connectivity index (χ3n) is 5.12. The van der Waals surface area contributed by atoms with Crippen LogP contribution in [0.5, 0.6) is 0 Å². The highest BCUT2D eigenvalue weighted by Crippen LogP contribution is 2.16. The van der Waals surface area contributed by atoms with Crippen molar-refractivity contribution in [1.82, 2.24) is 19.5 Å². The highest BCUT2D eigenvalue weighted by molar-refractivity contribution is 6.01. The van der Waals surface area contributed by atoms with E-state index in [4.69, 9.17) is 4.74 Å². The number of para-hydroxylation sites is 1. The molecule has 0 aliphatic heterocycles. The van der Waals surface area contributed by atoms with Crippen LogP contribution in [-0.4, -0.2) is 38.6 Å². The standard InChI is InChI=1S/C25H23N5O5/c1-2-35-24(33)19-10-6-7-11-20(19)27-22(31)16-30-25(34)29-15-18(12-13-21(29)28-30)23(32)26-14-17-8-4-3-5-9-17/h3-13,15H,2,14,16H2,1H3,(H,26,32)(H,27,31). The highest BCUT2D eigenvalue weighted by Gasteiger charge is 2.17. The molecule has 2 aromatic carbocycles. The molecule has 0 unspecified atom stereocenters. The van der Waals surface area contributed by atoms with E-state index in [2.05, 4.69) is 15.7 Å². The fourth-order valence-electron chi connectivity index (χ4n) is 3.44. The van der Waals surface area contributed by atoms with E-state index in [9.17, 15) is 19.2 Å². The smallest absolute Gasteiger partial charge is 0.350 e. The van der Waals surface area contributed by atoms with Crippen LogP contribution < -0.4 is 16.3 Å². The van der Waals surface area contributed by atoms with Crippen LogP contribution in [0.1, 0.15) is 33.2 Å². The molecule has 178 valence electrons. The normalized spacial score (nSPS) is 10.7. The van der Waals surface area contributed by atoms with Crippen molar-refractivity contribution in [3.05, 3.63) is 100 Å². The van der Waals surface area contributed by atoms with Crippen LogP contribution in [0, 0.1) is 0 Å². The van der Waals surface area contributed by atoms with Crippen molar-refractivity contribution < 1.29 is 19.1 Å². The highest BCUT2D eigenvalue weighted by atomic mass is 16.5. The minimum absolute atomic E-state index is 0.198. The van der Waals surface area contributed by atoms with Crippen molar-refractivity contribution in [2.24, 2.45) is 0 Å². The van der Waals surface area contributed by atoms with E-state index in [1.54, 1.807) is 31.2 Å². The van der Waals surface area contributed by atoms with Gasteiger partial charge in [0.25, 0.3) is 5.91 Å². The van der Waals surface area contributed by atoms with Crippen LogP contribution in [0.4, 0.5) is 5.69 Å². The summed E-state index contributed by atoms with van der Waals surface area (Å²) in [7, 11) is 0. The van der Waals surface area contributed by atoms with Crippen molar-refractivity contribution in [3.8, 4) is 0 Å². The number of hydrogen-bond acceptors (Lipinski definition) is 6. The number of carbonyl (C=O) groups excluding carboxylic acids is 3. The molecule has 0 bridgehead atoms. The number of nitrogens with one attached hydrogen (secondary N) is 2. The Morgan fingerprint density at radius 3 is 2.49 bits per heavy atom. The van der Waals surface area contributed by atoms with Gasteiger partial charge >= 0.3 is 11.7 Å². The number of ether oxygens (including phenoxy) is 1. The molecule has 2 aromatic heterocycles. The van der Waals surface area contributed by atoms with E-state index in [1.165, 1.54) is 22.7 Å². The fraction of sp³-hybridized carbons (Fsp3) is 0.160. The van der Waals surface area contributed by atoms with Gasteiger partial charge in [0.15, 0.2) is 5.65 Å². The van der Waals surface area contributed by atoms with Gasteiger partial charge in [-0.2, -0.15) is 0 Å². The van der Waals surface area contributed by atoms with Gasteiger partial charge in [-0.15, -0.1) is 5.10 Å². The summed E-state index contributed by atoms with van der Waals surface area (Å²) in [4.78, 5) is 50.1. The maximum absolute atomic E-state index is 12.8. The van der Waals surface area contributed by atoms with Crippen LogP contribution in [0.3, 0.4) is 0 Å². The Bertz CT molecular complexity index is 1440. The summed E-state index contributed by atoms with van der Waals surface area (Å²) < 4.78 is 7.20. The molecule has 0 spiro atoms. The summed E-state index contributed by atoms with van der Waals surface area (Å²) in [6.45, 7) is 1.85. The molecular formula is C25H23N5O5. The molecule has 0 saturated heterocycles. The molecule has 0 saturated carbocycles. The first-order valence-corrected chi connectivity index (χ1v) is 10.9. The van der Waals surface area contributed by atoms with Crippen molar-refractivity contribution in [3.63, 3.8) is 0 Å². The molecule has 2 N–H and O–H groups in total. The average Bonchev–Trinajstić information content (AvgIpc) is 3.17. The Morgan fingerprint density at radius 1 is 0.971 bits per heavy atom. The number of anilines is 1. The largest absolute Gasteiger partial charge is 0.462 e. The Hall–Kier alpha value is -4.73. The zero-order valence-corrected chi connectivity index (χ0v) is 18.9. The molecule has 0 aliphatic rings. The number of amides is 2. The van der Waals surface area contributed by atoms with Crippen molar-refractivity contribution in [1.29, 1.82) is 0 Å². The second-order valence-electron chi connectivity index (χ2n) is 7.57. The van der Waals surface area contributed by atoms with Crippen LogP contribution >= 0.6 is 0 Å². The fourth-order valence-corrected chi connectivity index (χ4v) is 3.44. The van der Waals surface area contributed by atoms with E-state index >= 15 is 0 Å². The van der Waals surface area contributed by atoms with Crippen LogP contribution in [0.15, 0.2) is 77.7 Å². The first kappa shape index (κ1) is 23.4. The van der Waals surface area contributed by atoms with E-state index in [1.807, 2.05) is 30.3 Å². The number of hydrogen-bond donors (Lipinski definition) is 2. The number of fused-ring (bicyclic) bond motifs is 1. The van der Waals surface area contributed by atoms with Gasteiger partial charge in [0.1, 0.15) is 6.54 Å². The van der Waals surface area contributed by atoms with Gasteiger partial charge < -0.3 is 15.4 Å². The van der Waals surface area contributed by atoms with Crippen LogP contribution in [0.2, 0.25) is 0 Å². The lowest BCUT2D eigenvalue weighted by Crippen LogP contribution is -2.29. The van der Waals surface area contributed by atoms with Crippen LogP contribution in [-0.2, 0) is 22.6 Å². The number of carbonyl (C=O) groups is 3. The van der Waals surface area contributed by atoms with E-state index in [0.29, 0.717) is 6.54 Å². The first-order chi connectivity index (χ1) is 17.0. The second kappa shape index (κ2) is 10.5. The third-order valence-corrected chi connectivity index (χ3v) is 5.12. The number of nitrogens with zero attached hydrogens (tertiary/aromatic N) is 3. The molecule has 4 aromatic rings. The zero-order valence-electron chi connectivity index (χ0n) is 18.9. The molecule has 2 heterocycles. The average molecular weight is 473 g/mol. The summed E-state index contributed by atoms with van der Waals surface area (Å²) in [5, 5.41) is 9.58. The number of aromatic nitrogens is 3. The zero-order chi connectivity index (χ0) is 24.8. The lowest BCUT2D eigenvalue weighted by Gasteiger charge is -2.10. The third kappa shape index (κ3) is 5.44. The van der Waals surface area contributed by atoms with E-state index < -0.39 is 17.6 Å². The molecule has 0 radical (unpaired) electrons. The van der Waals surface area contributed by atoms with Gasteiger partial charge in [-0.3, -0.25) is 9.59 Å². The molecule has 10 nitrogen and oxygen atoms in total. The SMILES string of the molecule is CCOC(=O)c1ccccc1NC(=O)Cn1nc2ccc(C(=O)NCc3ccccc3)cn2c1=O. The summed E-state index contributed by atoms with van der Waals surface area (Å²) in [5.41, 5.74) is 1.41. The monoisotopic (exact) mass is 473 g/mol. The predicted molar refractivity (Wildman–Crippen MR) is 128 cm³/mol. The van der Waals surface area contributed by atoms with Gasteiger partial charge in [-0.25, -0.2) is 18.7 Å². The minimum Gasteiger partial charge on any atom is -0.462 e. The molecule has 10 heteroatoms. The molecule has 35 heavy (non-hydrogen) atoms. The van der Waals surface area contributed by atoms with Gasteiger partial charge in [0.2, 0.25) is 5.91 Å². The van der Waals surface area contributed by atoms with Gasteiger partial charge in [0, 0.05) is 12.7 Å². The quantitative estimate of drug-likeness (QED) is 0.378. The Labute approximate surface area is 200 Å². The molecule has 2 amide bonds. The Morgan fingerprint density at radius 2 is 1.71 bits per heavy atom. The number of benzene rings is 2. The number of pyridine rings is 1. The Kier molecular flexibility index (Phi) is 7.01. The Balaban J connectivity index is 1.47. The summed E-state index contributed by atoms with van der Waals surface area (Å²) >= 11 is 0. The predicted octanol–water partition coefficient (Wildman–Crippen LogP) is 2.24. The lowest BCUT2D eigenvalue weighted by molar-refractivity contribution is -0.117. The maximum Gasteiger partial charge on any atom is 0.350 e. The van der Waals surface area contributed by atoms with Gasteiger partial charge in [0.05, 0.1) is 23.4 Å². The second-order valence-corrected chi connectivity index (χ2v) is 7.57. The van der Waals surface area contributed by atoms with E-state index in [0.717, 1.165) is 10.2 Å². The molecular weight excluding hydrogens is 450 g/mol. The molecule has 4 rings (SSSR count). The number of rotatable bonds is 8. The molecule has 0 atom stereocenters. The van der Waals surface area contributed by atoms with Gasteiger partial charge in [-0.05, 0) is 36.8 Å². The first-order valence-electron chi connectivity index (χ1n) is 10.9. The summed E-state index contributed by atoms with van der Waals surface area (Å²) in [6.07, 6.45) is 1.38. The van der Waals surface area contributed by atoms with E-state index in [-0.39, 0.29) is 41.5 Å². The summed E-state index contributed by atoms with van der Waals surface area (Å²) in [6, 6.07) is 19.0. The number of esters is 1. The molecule has 0 aliphatic carbocycles. The van der Waals surface area contributed by atoms with Gasteiger partial charge in [-0.1, -0.05) is 42.5 Å².